The van der Waals surface area contributed by atoms with Crippen LogP contribution in [0.2, 0.25) is 0 Å². The van der Waals surface area contributed by atoms with Crippen LogP contribution in [0.1, 0.15) is 0 Å². The molecule has 7 nitrogen and oxygen atoms in total. The Morgan fingerprint density at radius 3 is 2.64 bits per heavy atom. The number of anilines is 2. The van der Waals surface area contributed by atoms with Gasteiger partial charge < -0.3 is 9.47 Å². The molecular weight excluding hydrogens is 340 g/mol. The molecule has 0 aliphatic rings. The molecule has 0 saturated carbocycles. The number of rotatable bonds is 5. The molecule has 25 heavy (non-hydrogen) atoms. The second kappa shape index (κ2) is 7.63. The lowest BCUT2D eigenvalue weighted by Gasteiger charge is -2.08. The van der Waals surface area contributed by atoms with Crippen LogP contribution in [0.4, 0.5) is 15.7 Å². The van der Waals surface area contributed by atoms with Crippen molar-refractivity contribution in [2.45, 2.75) is 0 Å². The third kappa shape index (κ3) is 4.04. The number of thiazole rings is 1. The third-order valence-corrected chi connectivity index (χ3v) is 4.07. The molecule has 128 valence electrons. The number of urea groups is 1. The maximum absolute atomic E-state index is 12.0. The molecule has 0 atom stereocenters. The Kier molecular flexibility index (Phi) is 5.10. The summed E-state index contributed by atoms with van der Waals surface area (Å²) < 4.78 is 10.5. The van der Waals surface area contributed by atoms with Crippen molar-refractivity contribution in [3.63, 3.8) is 0 Å². The van der Waals surface area contributed by atoms with E-state index in [2.05, 4.69) is 20.6 Å². The van der Waals surface area contributed by atoms with Gasteiger partial charge in [0.15, 0.2) is 16.6 Å². The molecule has 2 aromatic heterocycles. The molecule has 0 bridgehead atoms. The number of carbonyl (C=O) groups is 1. The first-order valence-electron chi connectivity index (χ1n) is 7.36. The second-order valence-electron chi connectivity index (χ2n) is 4.90. The van der Waals surface area contributed by atoms with Crippen LogP contribution in [0.15, 0.2) is 48.0 Å². The fourth-order valence-corrected chi connectivity index (χ4v) is 2.86. The van der Waals surface area contributed by atoms with E-state index in [0.717, 1.165) is 11.3 Å². The average molecular weight is 356 g/mol. The van der Waals surface area contributed by atoms with Crippen molar-refractivity contribution in [3.8, 4) is 22.8 Å². The molecule has 2 amide bonds. The minimum Gasteiger partial charge on any atom is -0.493 e. The van der Waals surface area contributed by atoms with Crippen molar-refractivity contribution < 1.29 is 14.3 Å². The topological polar surface area (TPSA) is 85.4 Å². The predicted molar refractivity (Wildman–Crippen MR) is 97.5 cm³/mol. The van der Waals surface area contributed by atoms with Crippen LogP contribution in [0, 0.1) is 0 Å². The van der Waals surface area contributed by atoms with Crippen LogP contribution in [-0.4, -0.2) is 30.2 Å². The first-order chi connectivity index (χ1) is 12.2. The summed E-state index contributed by atoms with van der Waals surface area (Å²) in [6, 6.07) is 10.4. The molecule has 1 aromatic carbocycles. The summed E-state index contributed by atoms with van der Waals surface area (Å²) in [5.41, 5.74) is 1.60. The van der Waals surface area contributed by atoms with E-state index in [1.807, 2.05) is 23.6 Å². The SMILES string of the molecule is COc1ccc(-c2csc(NC(=O)Nc3ccccn3)n2)cc1OC. The lowest BCUT2D eigenvalue weighted by atomic mass is 10.1. The molecule has 0 unspecified atom stereocenters. The van der Waals surface area contributed by atoms with E-state index in [4.69, 9.17) is 9.47 Å². The highest BCUT2D eigenvalue weighted by Gasteiger charge is 2.11. The number of hydrogen-bond acceptors (Lipinski definition) is 6. The molecule has 3 aromatic rings. The number of carbonyl (C=O) groups excluding carboxylic acids is 1. The van der Waals surface area contributed by atoms with Gasteiger partial charge in [0.05, 0.1) is 19.9 Å². The normalized spacial score (nSPS) is 10.2. The number of pyridine rings is 1. The summed E-state index contributed by atoms with van der Waals surface area (Å²) in [7, 11) is 3.17. The van der Waals surface area contributed by atoms with Crippen LogP contribution in [-0.2, 0) is 0 Å². The Bertz CT molecular complexity index is 867. The van der Waals surface area contributed by atoms with Gasteiger partial charge in [0.25, 0.3) is 0 Å². The van der Waals surface area contributed by atoms with Crippen molar-refractivity contribution in [2.75, 3.05) is 24.9 Å². The number of aromatic nitrogens is 2. The number of benzene rings is 1. The van der Waals surface area contributed by atoms with E-state index < -0.39 is 6.03 Å². The monoisotopic (exact) mass is 356 g/mol. The number of nitrogens with one attached hydrogen (secondary N) is 2. The van der Waals surface area contributed by atoms with E-state index in [9.17, 15) is 4.79 Å². The number of hydrogen-bond donors (Lipinski definition) is 2. The summed E-state index contributed by atoms with van der Waals surface area (Å²) in [6.45, 7) is 0. The van der Waals surface area contributed by atoms with Crippen molar-refractivity contribution in [1.82, 2.24) is 9.97 Å². The van der Waals surface area contributed by atoms with E-state index in [1.165, 1.54) is 11.3 Å². The van der Waals surface area contributed by atoms with Crippen LogP contribution in [0.25, 0.3) is 11.3 Å². The van der Waals surface area contributed by atoms with E-state index in [0.29, 0.717) is 22.4 Å². The van der Waals surface area contributed by atoms with Crippen molar-refractivity contribution in [3.05, 3.63) is 48.0 Å². The van der Waals surface area contributed by atoms with E-state index in [-0.39, 0.29) is 0 Å². The fraction of sp³-hybridized carbons (Fsp3) is 0.118. The zero-order valence-corrected chi connectivity index (χ0v) is 14.5. The standard InChI is InChI=1S/C17H16N4O3S/c1-23-13-7-6-11(9-14(13)24-2)12-10-25-17(19-12)21-16(22)20-15-5-3-4-8-18-15/h3-10H,1-2H3,(H2,18,19,20,21,22). The lowest BCUT2D eigenvalue weighted by Crippen LogP contribution is -2.19. The summed E-state index contributed by atoms with van der Waals surface area (Å²) >= 11 is 1.33. The molecule has 0 aliphatic carbocycles. The van der Waals surface area contributed by atoms with Gasteiger partial charge in [-0.15, -0.1) is 11.3 Å². The van der Waals surface area contributed by atoms with Gasteiger partial charge >= 0.3 is 6.03 Å². The molecule has 0 fully saturated rings. The minimum atomic E-state index is -0.396. The Labute approximate surface area is 148 Å². The molecule has 0 spiro atoms. The van der Waals surface area contributed by atoms with Gasteiger partial charge in [-0.25, -0.2) is 14.8 Å². The van der Waals surface area contributed by atoms with Crippen LogP contribution >= 0.6 is 11.3 Å². The van der Waals surface area contributed by atoms with Gasteiger partial charge in [0.2, 0.25) is 0 Å². The van der Waals surface area contributed by atoms with Crippen LogP contribution < -0.4 is 20.1 Å². The zero-order chi connectivity index (χ0) is 17.6. The maximum Gasteiger partial charge on any atom is 0.326 e. The quantitative estimate of drug-likeness (QED) is 0.725. The highest BCUT2D eigenvalue weighted by molar-refractivity contribution is 7.14. The van der Waals surface area contributed by atoms with Crippen molar-refractivity contribution in [2.24, 2.45) is 0 Å². The number of amides is 2. The lowest BCUT2D eigenvalue weighted by molar-refractivity contribution is 0.262. The van der Waals surface area contributed by atoms with Crippen molar-refractivity contribution >= 4 is 28.3 Å². The molecule has 0 aliphatic heterocycles. The smallest absolute Gasteiger partial charge is 0.326 e. The fourth-order valence-electron chi connectivity index (χ4n) is 2.14. The highest BCUT2D eigenvalue weighted by atomic mass is 32.1. The average Bonchev–Trinajstić information content (AvgIpc) is 3.10. The highest BCUT2D eigenvalue weighted by Crippen LogP contribution is 2.33. The molecule has 2 N–H and O–H groups in total. The third-order valence-electron chi connectivity index (χ3n) is 3.31. The Morgan fingerprint density at radius 1 is 1.08 bits per heavy atom. The van der Waals surface area contributed by atoms with Gasteiger partial charge in [-0.05, 0) is 30.3 Å². The van der Waals surface area contributed by atoms with Gasteiger partial charge in [0.1, 0.15) is 5.82 Å². The number of ether oxygens (including phenoxy) is 2. The number of nitrogens with zero attached hydrogens (tertiary/aromatic N) is 2. The molecule has 0 saturated heterocycles. The zero-order valence-electron chi connectivity index (χ0n) is 13.6. The first-order valence-corrected chi connectivity index (χ1v) is 8.24. The minimum absolute atomic E-state index is 0.396. The summed E-state index contributed by atoms with van der Waals surface area (Å²) in [5, 5.41) is 7.68. The predicted octanol–water partition coefficient (Wildman–Crippen LogP) is 3.87. The Morgan fingerprint density at radius 2 is 1.92 bits per heavy atom. The van der Waals surface area contributed by atoms with Gasteiger partial charge in [-0.2, -0.15) is 0 Å². The number of methoxy groups -OCH3 is 2. The summed E-state index contributed by atoms with van der Waals surface area (Å²) in [6.07, 6.45) is 1.61. The van der Waals surface area contributed by atoms with Crippen molar-refractivity contribution in [1.29, 1.82) is 0 Å². The van der Waals surface area contributed by atoms with Gasteiger partial charge in [-0.1, -0.05) is 6.07 Å². The summed E-state index contributed by atoms with van der Waals surface area (Å²) in [4.78, 5) is 20.4. The Balaban J connectivity index is 1.71. The van der Waals surface area contributed by atoms with Crippen LogP contribution in [0.3, 0.4) is 0 Å². The largest absolute Gasteiger partial charge is 0.493 e. The van der Waals surface area contributed by atoms with Gasteiger partial charge in [-0.3, -0.25) is 10.6 Å². The first kappa shape index (κ1) is 16.7. The maximum atomic E-state index is 12.0. The molecular formula is C17H16N4O3S. The second-order valence-corrected chi connectivity index (χ2v) is 5.76. The molecule has 3 rings (SSSR count). The van der Waals surface area contributed by atoms with Crippen LogP contribution in [0.5, 0.6) is 11.5 Å². The molecule has 2 heterocycles. The Hall–Kier alpha value is -3.13. The van der Waals surface area contributed by atoms with E-state index in [1.54, 1.807) is 38.6 Å². The van der Waals surface area contributed by atoms with E-state index >= 15 is 0 Å². The summed E-state index contributed by atoms with van der Waals surface area (Å²) in [5.74, 6) is 1.74. The molecule has 8 heteroatoms. The van der Waals surface area contributed by atoms with Gasteiger partial charge in [0, 0.05) is 17.1 Å². The molecule has 0 radical (unpaired) electrons.